The topological polar surface area (TPSA) is 56.2 Å². The third-order valence-corrected chi connectivity index (χ3v) is 3.39. The summed E-state index contributed by atoms with van der Waals surface area (Å²) in [5, 5.41) is 8.50. The first kappa shape index (κ1) is 9.78. The summed E-state index contributed by atoms with van der Waals surface area (Å²) in [7, 11) is 0. The molecule has 2 heterocycles. The first-order valence-corrected chi connectivity index (χ1v) is 5.92. The number of rotatable bonds is 3. The molecule has 4 nitrogen and oxygen atoms in total. The van der Waals surface area contributed by atoms with Crippen molar-refractivity contribution in [2.24, 2.45) is 5.73 Å². The molecule has 0 saturated heterocycles. The summed E-state index contributed by atoms with van der Waals surface area (Å²) in [6.07, 6.45) is 6.87. The van der Waals surface area contributed by atoms with Crippen LogP contribution in [0.1, 0.15) is 36.6 Å². The van der Waals surface area contributed by atoms with E-state index in [1.165, 1.54) is 24.8 Å². The van der Waals surface area contributed by atoms with E-state index in [0.717, 1.165) is 17.9 Å². The lowest BCUT2D eigenvalue weighted by atomic mass is 9.85. The Bertz CT molecular complexity index is 499. The van der Waals surface area contributed by atoms with Crippen molar-refractivity contribution in [3.8, 4) is 0 Å². The maximum Gasteiger partial charge on any atom is 0.160 e. The van der Waals surface area contributed by atoms with Crippen LogP contribution in [0.25, 0.3) is 5.65 Å². The van der Waals surface area contributed by atoms with Crippen molar-refractivity contribution >= 4 is 5.65 Å². The second-order valence-corrected chi connectivity index (χ2v) is 4.49. The van der Waals surface area contributed by atoms with Gasteiger partial charge in [-0.25, -0.2) is 0 Å². The fourth-order valence-electron chi connectivity index (χ4n) is 2.21. The van der Waals surface area contributed by atoms with Crippen LogP contribution in [0.4, 0.5) is 0 Å². The van der Waals surface area contributed by atoms with Crippen LogP contribution in [0.15, 0.2) is 18.3 Å². The molecule has 4 heteroatoms. The number of nitrogens with zero attached hydrogens (tertiary/aromatic N) is 3. The van der Waals surface area contributed by atoms with Crippen LogP contribution < -0.4 is 5.73 Å². The fourth-order valence-corrected chi connectivity index (χ4v) is 2.21. The predicted octanol–water partition coefficient (Wildman–Crippen LogP) is 1.50. The average molecular weight is 216 g/mol. The number of fused-ring (bicyclic) bond motifs is 1. The molecule has 0 unspecified atom stereocenters. The molecule has 0 atom stereocenters. The van der Waals surface area contributed by atoms with Crippen molar-refractivity contribution in [3.63, 3.8) is 0 Å². The van der Waals surface area contributed by atoms with Gasteiger partial charge in [0.1, 0.15) is 5.82 Å². The van der Waals surface area contributed by atoms with Crippen molar-refractivity contribution in [2.45, 2.75) is 31.6 Å². The van der Waals surface area contributed by atoms with Crippen LogP contribution in [0.5, 0.6) is 0 Å². The van der Waals surface area contributed by atoms with E-state index in [1.54, 1.807) is 0 Å². The van der Waals surface area contributed by atoms with Gasteiger partial charge in [-0.15, -0.1) is 10.2 Å². The van der Waals surface area contributed by atoms with Crippen molar-refractivity contribution in [1.29, 1.82) is 0 Å². The summed E-state index contributed by atoms with van der Waals surface area (Å²) in [5.74, 6) is 1.74. The highest BCUT2D eigenvalue weighted by Gasteiger charge is 2.24. The number of nitrogens with two attached hydrogens (primary N) is 1. The van der Waals surface area contributed by atoms with Gasteiger partial charge in [-0.1, -0.05) is 12.5 Å². The molecule has 0 radical (unpaired) electrons. The minimum atomic E-state index is 0.614. The second-order valence-electron chi connectivity index (χ2n) is 4.49. The van der Waals surface area contributed by atoms with Crippen LogP contribution in [-0.2, 0) is 6.42 Å². The molecule has 1 saturated carbocycles. The molecule has 0 spiro atoms. The average Bonchev–Trinajstić information content (AvgIpc) is 2.60. The highest BCUT2D eigenvalue weighted by atomic mass is 15.2. The highest BCUT2D eigenvalue weighted by Crippen LogP contribution is 2.35. The highest BCUT2D eigenvalue weighted by molar-refractivity contribution is 5.40. The Morgan fingerprint density at radius 1 is 1.31 bits per heavy atom. The van der Waals surface area contributed by atoms with Crippen LogP contribution in [0.3, 0.4) is 0 Å². The van der Waals surface area contributed by atoms with Gasteiger partial charge in [-0.05, 0) is 37.4 Å². The lowest BCUT2D eigenvalue weighted by Gasteiger charge is -2.23. The smallest absolute Gasteiger partial charge is 0.160 e. The molecule has 2 aromatic heterocycles. The molecule has 0 aliphatic heterocycles. The van der Waals surface area contributed by atoms with Crippen molar-refractivity contribution < 1.29 is 0 Å². The molecular weight excluding hydrogens is 200 g/mol. The number of hydrogen-bond acceptors (Lipinski definition) is 3. The van der Waals surface area contributed by atoms with Gasteiger partial charge in [0.2, 0.25) is 0 Å². The zero-order chi connectivity index (χ0) is 11.0. The maximum atomic E-state index is 5.57. The van der Waals surface area contributed by atoms with Gasteiger partial charge in [-0.2, -0.15) is 0 Å². The molecule has 0 bridgehead atoms. The van der Waals surface area contributed by atoms with Gasteiger partial charge in [0.25, 0.3) is 0 Å². The summed E-state index contributed by atoms with van der Waals surface area (Å²) in [4.78, 5) is 0. The summed E-state index contributed by atoms with van der Waals surface area (Å²) in [5.41, 5.74) is 7.78. The van der Waals surface area contributed by atoms with E-state index < -0.39 is 0 Å². The van der Waals surface area contributed by atoms with Crippen LogP contribution in [-0.4, -0.2) is 21.1 Å². The standard InChI is InChI=1S/C12H16N4/c13-7-6-9-4-5-11-14-15-12(16(11)8-9)10-2-1-3-10/h4-5,8,10H,1-3,6-7,13H2. The Balaban J connectivity index is 2.04. The lowest BCUT2D eigenvalue weighted by Crippen LogP contribution is -2.13. The van der Waals surface area contributed by atoms with Crippen molar-refractivity contribution in [1.82, 2.24) is 14.6 Å². The first-order valence-electron chi connectivity index (χ1n) is 5.92. The SMILES string of the molecule is NCCc1ccc2nnc(C3CCC3)n2c1. The van der Waals surface area contributed by atoms with E-state index in [1.807, 2.05) is 6.07 Å². The second kappa shape index (κ2) is 3.87. The van der Waals surface area contributed by atoms with Gasteiger partial charge >= 0.3 is 0 Å². The Labute approximate surface area is 94.5 Å². The fraction of sp³-hybridized carbons (Fsp3) is 0.500. The number of hydrogen-bond donors (Lipinski definition) is 1. The zero-order valence-electron chi connectivity index (χ0n) is 9.26. The molecule has 1 aliphatic rings. The quantitative estimate of drug-likeness (QED) is 0.845. The zero-order valence-corrected chi connectivity index (χ0v) is 9.26. The molecule has 84 valence electrons. The number of aromatic nitrogens is 3. The Morgan fingerprint density at radius 3 is 2.88 bits per heavy atom. The molecule has 1 fully saturated rings. The van der Waals surface area contributed by atoms with Gasteiger partial charge < -0.3 is 5.73 Å². The van der Waals surface area contributed by atoms with E-state index in [0.29, 0.717) is 12.5 Å². The molecule has 0 aromatic carbocycles. The molecule has 2 aromatic rings. The van der Waals surface area contributed by atoms with Crippen LogP contribution in [0, 0.1) is 0 Å². The molecule has 3 rings (SSSR count). The Kier molecular flexibility index (Phi) is 2.36. The number of pyridine rings is 1. The molecular formula is C12H16N4. The lowest BCUT2D eigenvalue weighted by molar-refractivity contribution is 0.398. The predicted molar refractivity (Wildman–Crippen MR) is 62.3 cm³/mol. The largest absolute Gasteiger partial charge is 0.330 e. The van der Waals surface area contributed by atoms with Gasteiger partial charge in [0.05, 0.1) is 0 Å². The van der Waals surface area contributed by atoms with E-state index in [2.05, 4.69) is 26.9 Å². The first-order chi connectivity index (χ1) is 7.88. The van der Waals surface area contributed by atoms with Gasteiger partial charge in [-0.3, -0.25) is 4.40 Å². The van der Waals surface area contributed by atoms with Gasteiger partial charge in [0, 0.05) is 12.1 Å². The van der Waals surface area contributed by atoms with E-state index >= 15 is 0 Å². The van der Waals surface area contributed by atoms with Crippen LogP contribution in [0.2, 0.25) is 0 Å². The summed E-state index contributed by atoms with van der Waals surface area (Å²) in [6, 6.07) is 4.11. The van der Waals surface area contributed by atoms with E-state index in [9.17, 15) is 0 Å². The summed E-state index contributed by atoms with van der Waals surface area (Å²) >= 11 is 0. The van der Waals surface area contributed by atoms with Crippen LogP contribution >= 0.6 is 0 Å². The monoisotopic (exact) mass is 216 g/mol. The minimum Gasteiger partial charge on any atom is -0.330 e. The van der Waals surface area contributed by atoms with E-state index in [-0.39, 0.29) is 0 Å². The normalized spacial score (nSPS) is 16.6. The van der Waals surface area contributed by atoms with E-state index in [4.69, 9.17) is 5.73 Å². The van der Waals surface area contributed by atoms with Gasteiger partial charge in [0.15, 0.2) is 5.65 Å². The molecule has 2 N–H and O–H groups in total. The molecule has 1 aliphatic carbocycles. The Hall–Kier alpha value is -1.42. The minimum absolute atomic E-state index is 0.614. The van der Waals surface area contributed by atoms with Crippen molar-refractivity contribution in [2.75, 3.05) is 6.54 Å². The Morgan fingerprint density at radius 2 is 2.19 bits per heavy atom. The molecule has 16 heavy (non-hydrogen) atoms. The third-order valence-electron chi connectivity index (χ3n) is 3.39. The maximum absolute atomic E-state index is 5.57. The molecule has 0 amide bonds. The van der Waals surface area contributed by atoms with Crippen molar-refractivity contribution in [3.05, 3.63) is 29.7 Å². The third kappa shape index (κ3) is 1.50. The summed E-state index contributed by atoms with van der Waals surface area (Å²) < 4.78 is 2.13. The summed E-state index contributed by atoms with van der Waals surface area (Å²) in [6.45, 7) is 0.687.